The summed E-state index contributed by atoms with van der Waals surface area (Å²) < 4.78 is 43.1. The lowest BCUT2D eigenvalue weighted by atomic mass is 10.1. The van der Waals surface area contributed by atoms with Crippen LogP contribution in [0.3, 0.4) is 0 Å². The number of alkyl halides is 3. The van der Waals surface area contributed by atoms with Crippen LogP contribution in [0.15, 0.2) is 6.07 Å². The summed E-state index contributed by atoms with van der Waals surface area (Å²) in [6, 6.07) is 0.157. The van der Waals surface area contributed by atoms with E-state index in [9.17, 15) is 33.4 Å². The smallest absolute Gasteiger partial charge is 0.383 e. The monoisotopic (exact) mass is 343 g/mol. The third-order valence-electron chi connectivity index (χ3n) is 2.51. The van der Waals surface area contributed by atoms with Crippen LogP contribution in [0.5, 0.6) is 0 Å². The number of halogens is 4. The van der Waals surface area contributed by atoms with Gasteiger partial charge in [-0.2, -0.15) is 13.2 Å². The molecular formula is C10H9ClF3N3O5. The Morgan fingerprint density at radius 2 is 1.91 bits per heavy atom. The lowest BCUT2D eigenvalue weighted by molar-refractivity contribution is -0.392. The van der Waals surface area contributed by atoms with E-state index in [1.165, 1.54) is 7.11 Å². The van der Waals surface area contributed by atoms with Crippen LogP contribution in [-0.4, -0.2) is 30.1 Å². The number of nitro benzene ring substituents is 2. The highest BCUT2D eigenvalue weighted by Crippen LogP contribution is 2.47. The first-order chi connectivity index (χ1) is 10.1. The van der Waals surface area contributed by atoms with Crippen molar-refractivity contribution in [2.75, 3.05) is 25.6 Å². The molecule has 0 saturated heterocycles. The number of benzene rings is 1. The van der Waals surface area contributed by atoms with Crippen LogP contribution in [0.25, 0.3) is 0 Å². The molecular weight excluding hydrogens is 335 g/mol. The summed E-state index contributed by atoms with van der Waals surface area (Å²) in [5.74, 6) is 0. The Hall–Kier alpha value is -2.14. The molecule has 0 aliphatic carbocycles. The van der Waals surface area contributed by atoms with Crippen LogP contribution < -0.4 is 5.32 Å². The predicted molar refractivity (Wildman–Crippen MR) is 70.1 cm³/mol. The molecule has 0 unspecified atom stereocenters. The predicted octanol–water partition coefficient (Wildman–Crippen LogP) is 3.23. The lowest BCUT2D eigenvalue weighted by Crippen LogP contribution is -2.14. The quantitative estimate of drug-likeness (QED) is 0.482. The van der Waals surface area contributed by atoms with E-state index in [0.717, 1.165) is 0 Å². The molecule has 1 N–H and O–H groups in total. The van der Waals surface area contributed by atoms with Crippen molar-refractivity contribution in [3.8, 4) is 0 Å². The Kier molecular flexibility index (Phi) is 5.49. The highest BCUT2D eigenvalue weighted by molar-refractivity contribution is 6.34. The Morgan fingerprint density at radius 1 is 1.32 bits per heavy atom. The van der Waals surface area contributed by atoms with Crippen LogP contribution in [0.1, 0.15) is 5.56 Å². The van der Waals surface area contributed by atoms with Gasteiger partial charge < -0.3 is 10.1 Å². The van der Waals surface area contributed by atoms with Gasteiger partial charge in [0.05, 0.1) is 22.0 Å². The van der Waals surface area contributed by atoms with Crippen LogP contribution in [0.2, 0.25) is 5.02 Å². The zero-order valence-electron chi connectivity index (χ0n) is 10.9. The zero-order valence-corrected chi connectivity index (χ0v) is 11.7. The average Bonchev–Trinajstić information content (AvgIpc) is 2.36. The fraction of sp³-hybridized carbons (Fsp3) is 0.400. The van der Waals surface area contributed by atoms with E-state index in [-0.39, 0.29) is 19.2 Å². The molecule has 0 spiro atoms. The fourth-order valence-electron chi connectivity index (χ4n) is 1.60. The molecule has 122 valence electrons. The summed E-state index contributed by atoms with van der Waals surface area (Å²) in [5.41, 5.74) is -4.66. The first-order valence-electron chi connectivity index (χ1n) is 5.56. The van der Waals surface area contributed by atoms with Gasteiger partial charge in [0, 0.05) is 19.7 Å². The van der Waals surface area contributed by atoms with Crippen LogP contribution in [-0.2, 0) is 10.9 Å². The number of anilines is 1. The minimum atomic E-state index is -5.07. The van der Waals surface area contributed by atoms with Crippen LogP contribution in [0, 0.1) is 20.2 Å². The second-order valence-corrected chi connectivity index (χ2v) is 4.29. The molecule has 1 aromatic rings. The van der Waals surface area contributed by atoms with Gasteiger partial charge in [0.2, 0.25) is 0 Å². The minimum Gasteiger partial charge on any atom is -0.383 e. The third-order valence-corrected chi connectivity index (χ3v) is 2.89. The molecule has 0 saturated carbocycles. The third kappa shape index (κ3) is 3.74. The number of rotatable bonds is 6. The molecule has 0 heterocycles. The van der Waals surface area contributed by atoms with Crippen molar-refractivity contribution >= 4 is 28.7 Å². The first kappa shape index (κ1) is 17.9. The Bertz CT molecular complexity index is 608. The number of nitro groups is 2. The largest absolute Gasteiger partial charge is 0.418 e. The maximum absolute atomic E-state index is 12.8. The maximum atomic E-state index is 12.8. The van der Waals surface area contributed by atoms with Gasteiger partial charge >= 0.3 is 11.9 Å². The van der Waals surface area contributed by atoms with Gasteiger partial charge in [0.15, 0.2) is 5.69 Å². The van der Waals surface area contributed by atoms with Crippen LogP contribution >= 0.6 is 11.6 Å². The molecule has 22 heavy (non-hydrogen) atoms. The second-order valence-electron chi connectivity index (χ2n) is 3.91. The summed E-state index contributed by atoms with van der Waals surface area (Å²) >= 11 is 5.43. The van der Waals surface area contributed by atoms with Gasteiger partial charge in [-0.15, -0.1) is 0 Å². The Labute approximate surface area is 126 Å². The number of nitrogens with one attached hydrogen (secondary N) is 1. The van der Waals surface area contributed by atoms with E-state index in [2.05, 4.69) is 10.1 Å². The standard InChI is InChI=1S/C10H9ClF3N3O5/c1-22-3-2-15-8-6(16(18)19)4-5(10(12,13)14)7(11)9(8)17(20)21/h4,15H,2-3H2,1H3. The highest BCUT2D eigenvalue weighted by Gasteiger charge is 2.41. The van der Waals surface area contributed by atoms with E-state index in [0.29, 0.717) is 0 Å². The summed E-state index contributed by atoms with van der Waals surface area (Å²) in [4.78, 5) is 19.5. The van der Waals surface area contributed by atoms with Gasteiger partial charge in [-0.3, -0.25) is 20.2 Å². The molecule has 0 amide bonds. The van der Waals surface area contributed by atoms with Crippen molar-refractivity contribution in [1.29, 1.82) is 0 Å². The number of nitrogens with zero attached hydrogens (tertiary/aromatic N) is 2. The number of hydrogen-bond donors (Lipinski definition) is 1. The van der Waals surface area contributed by atoms with Gasteiger partial charge in [-0.05, 0) is 0 Å². The summed E-state index contributed by atoms with van der Waals surface area (Å²) in [6.45, 7) is -0.0766. The van der Waals surface area contributed by atoms with Crippen molar-refractivity contribution in [1.82, 2.24) is 0 Å². The van der Waals surface area contributed by atoms with E-state index < -0.39 is 43.7 Å². The number of ether oxygens (including phenoxy) is 1. The molecule has 0 bridgehead atoms. The molecule has 1 rings (SSSR count). The fourth-order valence-corrected chi connectivity index (χ4v) is 1.93. The summed E-state index contributed by atoms with van der Waals surface area (Å²) in [5, 5.41) is 23.0. The molecule has 12 heteroatoms. The maximum Gasteiger partial charge on any atom is 0.418 e. The average molecular weight is 344 g/mol. The van der Waals surface area contributed by atoms with Gasteiger partial charge in [-0.1, -0.05) is 11.6 Å². The van der Waals surface area contributed by atoms with Crippen LogP contribution in [0.4, 0.5) is 30.2 Å². The highest BCUT2D eigenvalue weighted by atomic mass is 35.5. The first-order valence-corrected chi connectivity index (χ1v) is 5.94. The molecule has 0 aliphatic rings. The second kappa shape index (κ2) is 6.75. The SMILES string of the molecule is COCCNc1c([N+](=O)[O-])cc(C(F)(F)F)c(Cl)c1[N+](=O)[O-]. The summed E-state index contributed by atoms with van der Waals surface area (Å²) in [7, 11) is 1.31. The van der Waals surface area contributed by atoms with Crippen molar-refractivity contribution in [2.45, 2.75) is 6.18 Å². The van der Waals surface area contributed by atoms with Crippen molar-refractivity contribution in [3.05, 3.63) is 36.9 Å². The van der Waals surface area contributed by atoms with Gasteiger partial charge in [0.25, 0.3) is 5.69 Å². The van der Waals surface area contributed by atoms with Gasteiger partial charge in [0.1, 0.15) is 5.02 Å². The van der Waals surface area contributed by atoms with E-state index in [1.54, 1.807) is 0 Å². The Balaban J connectivity index is 3.62. The van der Waals surface area contributed by atoms with Crippen molar-refractivity contribution < 1.29 is 27.8 Å². The molecule has 0 atom stereocenters. The molecule has 1 aromatic carbocycles. The summed E-state index contributed by atoms with van der Waals surface area (Å²) in [6.07, 6.45) is -5.07. The van der Waals surface area contributed by atoms with E-state index in [4.69, 9.17) is 11.6 Å². The topological polar surface area (TPSA) is 108 Å². The molecule has 0 aromatic heterocycles. The molecule has 0 fully saturated rings. The van der Waals surface area contributed by atoms with E-state index >= 15 is 0 Å². The zero-order chi connectivity index (χ0) is 17.1. The Morgan fingerprint density at radius 3 is 2.32 bits per heavy atom. The minimum absolute atomic E-state index is 0.0208. The normalized spacial score (nSPS) is 11.3. The van der Waals surface area contributed by atoms with Crippen molar-refractivity contribution in [2.24, 2.45) is 0 Å². The van der Waals surface area contributed by atoms with Gasteiger partial charge in [-0.25, -0.2) is 0 Å². The van der Waals surface area contributed by atoms with Crippen molar-refractivity contribution in [3.63, 3.8) is 0 Å². The molecule has 0 radical (unpaired) electrons. The number of methoxy groups -OCH3 is 1. The lowest BCUT2D eigenvalue weighted by Gasteiger charge is -2.13. The molecule has 0 aliphatic heterocycles. The molecule has 8 nitrogen and oxygen atoms in total. The number of hydrogen-bond acceptors (Lipinski definition) is 6. The van der Waals surface area contributed by atoms with E-state index in [1.807, 2.05) is 0 Å².